The number of rotatable bonds is 3. The van der Waals surface area contributed by atoms with Gasteiger partial charge in [0.25, 0.3) is 5.88 Å². The Hall–Kier alpha value is -1.92. The molecule has 2 aromatic heterocycles. The molecule has 0 spiro atoms. The van der Waals surface area contributed by atoms with E-state index in [9.17, 15) is 4.39 Å². The summed E-state index contributed by atoms with van der Waals surface area (Å²) in [6.45, 7) is 7.85. The molecule has 0 unspecified atom stereocenters. The largest absolute Gasteiger partial charge is 0.472 e. The van der Waals surface area contributed by atoms with E-state index in [1.165, 1.54) is 0 Å². The first-order chi connectivity index (χ1) is 12.6. The number of aromatic nitrogens is 2. The molecule has 0 atom stereocenters. The third-order valence-corrected chi connectivity index (χ3v) is 5.46. The van der Waals surface area contributed by atoms with Crippen LogP contribution in [0.5, 0.6) is 5.88 Å². The summed E-state index contributed by atoms with van der Waals surface area (Å²) in [5.41, 5.74) is 3.35. The van der Waals surface area contributed by atoms with Gasteiger partial charge < -0.3 is 10.1 Å². The number of halogens is 1. The Morgan fingerprint density at radius 3 is 2.65 bits per heavy atom. The fraction of sp³-hybridized carbons (Fsp3) is 0.450. The van der Waals surface area contributed by atoms with Crippen LogP contribution >= 0.6 is 11.3 Å². The Labute approximate surface area is 158 Å². The summed E-state index contributed by atoms with van der Waals surface area (Å²) in [5.74, 6) is 0.472. The van der Waals surface area contributed by atoms with Crippen molar-refractivity contribution in [3.63, 3.8) is 0 Å². The zero-order valence-electron chi connectivity index (χ0n) is 15.8. The molecule has 1 fully saturated rings. The SMILES string of the molecule is CC.Cc1ccc(-c2csc3c(OC4CCNCC4)nn(C)c23)c(F)c1. The van der Waals surface area contributed by atoms with Crippen LogP contribution in [0.1, 0.15) is 32.3 Å². The molecule has 3 heterocycles. The van der Waals surface area contributed by atoms with Crippen molar-refractivity contribution in [1.82, 2.24) is 15.1 Å². The van der Waals surface area contributed by atoms with Crippen LogP contribution < -0.4 is 10.1 Å². The third-order valence-electron chi connectivity index (χ3n) is 4.50. The second-order valence-corrected chi connectivity index (χ2v) is 7.19. The molecule has 0 saturated carbocycles. The lowest BCUT2D eigenvalue weighted by Gasteiger charge is -2.22. The van der Waals surface area contributed by atoms with Crippen LogP contribution in [0.3, 0.4) is 0 Å². The molecule has 0 radical (unpaired) electrons. The summed E-state index contributed by atoms with van der Waals surface area (Å²) in [6, 6.07) is 5.35. The number of hydrogen-bond acceptors (Lipinski definition) is 4. The highest BCUT2D eigenvalue weighted by Gasteiger charge is 2.22. The Bertz CT molecular complexity index is 881. The average Bonchev–Trinajstić information content (AvgIpc) is 3.20. The normalized spacial score (nSPS) is 15.0. The summed E-state index contributed by atoms with van der Waals surface area (Å²) < 4.78 is 23.3. The van der Waals surface area contributed by atoms with Crippen LogP contribution in [0.4, 0.5) is 4.39 Å². The molecule has 1 N–H and O–H groups in total. The standard InChI is InChI=1S/C18H20FN3OS.C2H6/c1-11-3-4-13(15(19)9-11)14-10-24-17-16(14)22(2)21-18(17)23-12-5-7-20-8-6-12;1-2/h3-4,9-10,12,20H,5-8H2,1-2H3;1-2H3. The number of hydrogen-bond donors (Lipinski definition) is 1. The lowest BCUT2D eigenvalue weighted by molar-refractivity contribution is 0.157. The molecule has 140 valence electrons. The number of benzene rings is 1. The van der Waals surface area contributed by atoms with Gasteiger partial charge in [-0.1, -0.05) is 26.0 Å². The first-order valence-electron chi connectivity index (χ1n) is 9.21. The van der Waals surface area contributed by atoms with Gasteiger partial charge in [-0.3, -0.25) is 4.68 Å². The van der Waals surface area contributed by atoms with Crippen LogP contribution in [0.15, 0.2) is 23.6 Å². The average molecular weight is 376 g/mol. The molecule has 0 bridgehead atoms. The third kappa shape index (κ3) is 3.62. The number of piperidine rings is 1. The van der Waals surface area contributed by atoms with Gasteiger partial charge in [-0.25, -0.2) is 4.39 Å². The van der Waals surface area contributed by atoms with Crippen LogP contribution in [-0.2, 0) is 7.05 Å². The molecule has 6 heteroatoms. The maximum atomic E-state index is 14.4. The quantitative estimate of drug-likeness (QED) is 0.707. The monoisotopic (exact) mass is 375 g/mol. The highest BCUT2D eigenvalue weighted by atomic mass is 32.1. The summed E-state index contributed by atoms with van der Waals surface area (Å²) >= 11 is 1.57. The molecular formula is C20H26FN3OS. The van der Waals surface area contributed by atoms with Crippen LogP contribution in [0, 0.1) is 12.7 Å². The molecule has 1 aliphatic rings. The van der Waals surface area contributed by atoms with Gasteiger partial charge in [-0.15, -0.1) is 16.4 Å². The maximum absolute atomic E-state index is 14.4. The van der Waals surface area contributed by atoms with Gasteiger partial charge in [-0.2, -0.15) is 0 Å². The van der Waals surface area contributed by atoms with E-state index in [-0.39, 0.29) is 11.9 Å². The molecular weight excluding hydrogens is 349 g/mol. The number of ether oxygens (including phenoxy) is 1. The Morgan fingerprint density at radius 2 is 1.96 bits per heavy atom. The topological polar surface area (TPSA) is 39.1 Å². The van der Waals surface area contributed by atoms with Gasteiger partial charge in [0, 0.05) is 23.6 Å². The van der Waals surface area contributed by atoms with E-state index in [1.807, 2.05) is 45.3 Å². The van der Waals surface area contributed by atoms with Crippen molar-refractivity contribution in [2.45, 2.75) is 39.7 Å². The van der Waals surface area contributed by atoms with Crippen molar-refractivity contribution < 1.29 is 9.13 Å². The van der Waals surface area contributed by atoms with Gasteiger partial charge in [0.1, 0.15) is 16.6 Å². The van der Waals surface area contributed by atoms with Gasteiger partial charge in [0.15, 0.2) is 0 Å². The van der Waals surface area contributed by atoms with E-state index in [4.69, 9.17) is 4.74 Å². The number of aryl methyl sites for hydroxylation is 2. The summed E-state index contributed by atoms with van der Waals surface area (Å²) in [5, 5.41) is 9.87. The van der Waals surface area contributed by atoms with E-state index in [0.29, 0.717) is 11.4 Å². The van der Waals surface area contributed by atoms with Gasteiger partial charge in [-0.05, 0) is 44.5 Å². The zero-order valence-corrected chi connectivity index (χ0v) is 16.6. The molecule has 26 heavy (non-hydrogen) atoms. The number of fused-ring (bicyclic) bond motifs is 1. The smallest absolute Gasteiger partial charge is 0.251 e. The zero-order chi connectivity index (χ0) is 18.7. The van der Waals surface area contributed by atoms with Crippen molar-refractivity contribution in [2.24, 2.45) is 7.05 Å². The second-order valence-electron chi connectivity index (χ2n) is 6.31. The van der Waals surface area contributed by atoms with Crippen LogP contribution in [0.2, 0.25) is 0 Å². The van der Waals surface area contributed by atoms with Crippen molar-refractivity contribution in [2.75, 3.05) is 13.1 Å². The Morgan fingerprint density at radius 1 is 1.23 bits per heavy atom. The number of thiophene rings is 1. The van der Waals surface area contributed by atoms with Gasteiger partial charge >= 0.3 is 0 Å². The van der Waals surface area contributed by atoms with Crippen LogP contribution in [0.25, 0.3) is 21.3 Å². The summed E-state index contributed by atoms with van der Waals surface area (Å²) in [6.07, 6.45) is 2.18. The second kappa shape index (κ2) is 8.18. The van der Waals surface area contributed by atoms with E-state index in [2.05, 4.69) is 10.4 Å². The van der Waals surface area contributed by atoms with Crippen LogP contribution in [-0.4, -0.2) is 29.0 Å². The van der Waals surface area contributed by atoms with Crippen molar-refractivity contribution in [3.05, 3.63) is 35.0 Å². The Balaban J connectivity index is 0.000000948. The predicted molar refractivity (Wildman–Crippen MR) is 107 cm³/mol. The predicted octanol–water partition coefficient (Wildman–Crippen LogP) is 4.91. The molecule has 1 aliphatic heterocycles. The van der Waals surface area contributed by atoms with Crippen molar-refractivity contribution in [3.8, 4) is 17.0 Å². The maximum Gasteiger partial charge on any atom is 0.251 e. The highest BCUT2D eigenvalue weighted by Crippen LogP contribution is 2.40. The minimum atomic E-state index is -0.197. The number of nitrogens with zero attached hydrogens (tertiary/aromatic N) is 2. The first-order valence-corrected chi connectivity index (χ1v) is 10.1. The minimum Gasteiger partial charge on any atom is -0.472 e. The lowest BCUT2D eigenvalue weighted by atomic mass is 10.1. The van der Waals surface area contributed by atoms with Crippen molar-refractivity contribution >= 4 is 21.6 Å². The first kappa shape index (κ1) is 18.9. The van der Waals surface area contributed by atoms with E-state index >= 15 is 0 Å². The molecule has 3 aromatic rings. The fourth-order valence-corrected chi connectivity index (χ4v) is 4.25. The van der Waals surface area contributed by atoms with Gasteiger partial charge in [0.05, 0.1) is 5.52 Å². The summed E-state index contributed by atoms with van der Waals surface area (Å²) in [7, 11) is 1.89. The number of nitrogens with one attached hydrogen (secondary N) is 1. The molecule has 4 nitrogen and oxygen atoms in total. The van der Waals surface area contributed by atoms with E-state index < -0.39 is 0 Å². The molecule has 0 amide bonds. The van der Waals surface area contributed by atoms with E-state index in [1.54, 1.807) is 22.1 Å². The fourth-order valence-electron chi connectivity index (χ4n) is 3.23. The lowest BCUT2D eigenvalue weighted by Crippen LogP contribution is -2.34. The van der Waals surface area contributed by atoms with Gasteiger partial charge in [0.2, 0.25) is 0 Å². The van der Waals surface area contributed by atoms with Crippen molar-refractivity contribution in [1.29, 1.82) is 0 Å². The molecule has 1 saturated heterocycles. The molecule has 4 rings (SSSR count). The molecule has 0 aliphatic carbocycles. The Kier molecular flexibility index (Phi) is 5.94. The highest BCUT2D eigenvalue weighted by molar-refractivity contribution is 7.18. The minimum absolute atomic E-state index is 0.197. The molecule has 1 aromatic carbocycles. The van der Waals surface area contributed by atoms with E-state index in [0.717, 1.165) is 47.3 Å². The summed E-state index contributed by atoms with van der Waals surface area (Å²) in [4.78, 5) is 0.